The molecule has 0 aromatic rings. The Balaban J connectivity index is 1.51. The zero-order valence-corrected chi connectivity index (χ0v) is 21.7. The van der Waals surface area contributed by atoms with Gasteiger partial charge in [-0.1, -0.05) is 0 Å². The van der Waals surface area contributed by atoms with Crippen molar-refractivity contribution in [3.05, 3.63) is 0 Å². The van der Waals surface area contributed by atoms with Crippen LogP contribution in [-0.4, -0.2) is 19.4 Å². The number of halogens is 2. The minimum atomic E-state index is -0.672. The summed E-state index contributed by atoms with van der Waals surface area (Å²) in [5.74, 6) is 5.33. The Morgan fingerprint density at radius 2 is 1.88 bits per heavy atom. The molecule has 0 aromatic heterocycles. The van der Waals surface area contributed by atoms with Crippen LogP contribution in [-0.2, 0) is 3.07 Å². The average molecular weight is 586 g/mol. The normalized spacial score (nSPS) is 46.7. The summed E-state index contributed by atoms with van der Waals surface area (Å²) in [7, 11) is 0. The summed E-state index contributed by atoms with van der Waals surface area (Å²) in [6.07, 6.45) is 12.3. The molecule has 1 nitrogen and oxygen atoms in total. The van der Waals surface area contributed by atoms with Crippen LogP contribution in [0.4, 0.5) is 0 Å². The standard InChI is InChI=1S/C23H40I2O/c1-5-6-16-7-9-20-17-11-12-23(4)19(18(17)14-25(20)13-16)8-10-21(23)22(2,3)15-26-24/h16-21H,5-15H2,1-4H3. The van der Waals surface area contributed by atoms with Crippen LogP contribution in [0, 0.1) is 40.4 Å². The Bertz CT molecular complexity index is 506. The molecule has 2 aliphatic heterocycles. The molecular formula is C23H40I2O. The summed E-state index contributed by atoms with van der Waals surface area (Å²) in [4.78, 5) is 0. The molecule has 26 heavy (non-hydrogen) atoms. The van der Waals surface area contributed by atoms with E-state index < -0.39 is 19.8 Å². The Kier molecular flexibility index (Phi) is 6.30. The van der Waals surface area contributed by atoms with Crippen LogP contribution >= 0.6 is 42.8 Å². The number of fused-ring (bicyclic) bond motifs is 5. The van der Waals surface area contributed by atoms with Gasteiger partial charge in [0.2, 0.25) is 0 Å². The van der Waals surface area contributed by atoms with Crippen LogP contribution in [0.2, 0.25) is 0 Å². The van der Waals surface area contributed by atoms with Crippen molar-refractivity contribution < 1.29 is 3.07 Å². The van der Waals surface area contributed by atoms with E-state index in [1.807, 2.05) is 0 Å². The fourth-order valence-electron chi connectivity index (χ4n) is 8.01. The second-order valence-corrected chi connectivity index (χ2v) is 17.7. The number of hydrogen-bond donors (Lipinski definition) is 0. The van der Waals surface area contributed by atoms with Crippen molar-refractivity contribution in [2.45, 2.75) is 83.0 Å². The second-order valence-electron chi connectivity index (χ2n) is 10.9. The van der Waals surface area contributed by atoms with E-state index in [0.29, 0.717) is 10.8 Å². The first-order valence-corrected chi connectivity index (χ1v) is 16.4. The van der Waals surface area contributed by atoms with Crippen molar-refractivity contribution in [3.63, 3.8) is 0 Å². The van der Waals surface area contributed by atoms with Gasteiger partial charge in [0, 0.05) is 0 Å². The number of rotatable bonds is 5. The molecule has 4 rings (SSSR count). The molecule has 0 radical (unpaired) electrons. The van der Waals surface area contributed by atoms with Crippen LogP contribution in [0.5, 0.6) is 0 Å². The first-order chi connectivity index (χ1) is 12.4. The Labute approximate surface area is 183 Å². The van der Waals surface area contributed by atoms with Gasteiger partial charge in [-0.05, 0) is 0 Å². The molecular weight excluding hydrogens is 546 g/mol. The van der Waals surface area contributed by atoms with Crippen molar-refractivity contribution in [3.8, 4) is 0 Å². The van der Waals surface area contributed by atoms with E-state index in [1.54, 1.807) is 28.1 Å². The molecule has 2 saturated carbocycles. The third-order valence-corrected chi connectivity index (χ3v) is 17.7. The summed E-state index contributed by atoms with van der Waals surface area (Å²) in [5.41, 5.74) is 0.946. The molecule has 7 atom stereocenters. The Morgan fingerprint density at radius 3 is 2.62 bits per heavy atom. The molecule has 2 heterocycles. The van der Waals surface area contributed by atoms with E-state index in [0.717, 1.165) is 36.2 Å². The van der Waals surface area contributed by atoms with Gasteiger partial charge in [-0.3, -0.25) is 0 Å². The van der Waals surface area contributed by atoms with Gasteiger partial charge in [0.05, 0.1) is 0 Å². The molecule has 4 fully saturated rings. The molecule has 0 bridgehead atoms. The predicted molar refractivity (Wildman–Crippen MR) is 129 cm³/mol. The number of hydrogen-bond acceptors (Lipinski definition) is 1. The monoisotopic (exact) mass is 586 g/mol. The fraction of sp³-hybridized carbons (Fsp3) is 1.00. The molecule has 7 unspecified atom stereocenters. The molecule has 0 spiro atoms. The predicted octanol–water partition coefficient (Wildman–Crippen LogP) is 7.54. The fourth-order valence-corrected chi connectivity index (χ4v) is 19.0. The Hall–Kier alpha value is 1.42. The Morgan fingerprint density at radius 1 is 1.08 bits per heavy atom. The minimum absolute atomic E-state index is 0.341. The van der Waals surface area contributed by atoms with Crippen LogP contribution in [0.15, 0.2) is 0 Å². The molecule has 2 saturated heterocycles. The van der Waals surface area contributed by atoms with Gasteiger partial charge in [0.15, 0.2) is 0 Å². The molecule has 2 aliphatic carbocycles. The van der Waals surface area contributed by atoms with E-state index in [-0.39, 0.29) is 0 Å². The summed E-state index contributed by atoms with van der Waals surface area (Å²) >= 11 is 1.44. The van der Waals surface area contributed by atoms with Gasteiger partial charge in [0.1, 0.15) is 0 Å². The van der Waals surface area contributed by atoms with Crippen LogP contribution < -0.4 is 0 Å². The molecule has 0 N–H and O–H groups in total. The van der Waals surface area contributed by atoms with Gasteiger partial charge in [0.25, 0.3) is 0 Å². The van der Waals surface area contributed by atoms with Crippen molar-refractivity contribution >= 4 is 42.8 Å². The third-order valence-electron chi connectivity index (χ3n) is 9.06. The van der Waals surface area contributed by atoms with E-state index in [9.17, 15) is 0 Å². The van der Waals surface area contributed by atoms with Crippen LogP contribution in [0.3, 0.4) is 0 Å². The van der Waals surface area contributed by atoms with Gasteiger partial charge in [-0.25, -0.2) is 0 Å². The maximum absolute atomic E-state index is 5.62. The quantitative estimate of drug-likeness (QED) is 0.239. The van der Waals surface area contributed by atoms with Crippen molar-refractivity contribution in [1.82, 2.24) is 0 Å². The van der Waals surface area contributed by atoms with Crippen molar-refractivity contribution in [2.24, 2.45) is 40.4 Å². The van der Waals surface area contributed by atoms with E-state index in [4.69, 9.17) is 3.07 Å². The zero-order valence-electron chi connectivity index (χ0n) is 17.4. The van der Waals surface area contributed by atoms with E-state index in [2.05, 4.69) is 50.7 Å². The zero-order chi connectivity index (χ0) is 18.5. The summed E-state index contributed by atoms with van der Waals surface area (Å²) in [5, 5.41) is 0. The third kappa shape index (κ3) is 3.44. The van der Waals surface area contributed by atoms with Gasteiger partial charge in [-0.2, -0.15) is 0 Å². The van der Waals surface area contributed by atoms with Gasteiger partial charge >= 0.3 is 185 Å². The van der Waals surface area contributed by atoms with Crippen molar-refractivity contribution in [2.75, 3.05) is 15.5 Å². The average Bonchev–Trinajstić information content (AvgIpc) is 3.12. The summed E-state index contributed by atoms with van der Waals surface area (Å²) < 4.78 is 10.4. The summed E-state index contributed by atoms with van der Waals surface area (Å²) in [6, 6.07) is 0. The van der Waals surface area contributed by atoms with E-state index in [1.165, 1.54) is 36.0 Å². The van der Waals surface area contributed by atoms with Crippen LogP contribution in [0.1, 0.15) is 79.1 Å². The van der Waals surface area contributed by atoms with Gasteiger partial charge in [-0.15, -0.1) is 0 Å². The molecule has 0 aromatic carbocycles. The second kappa shape index (κ2) is 7.92. The van der Waals surface area contributed by atoms with Gasteiger partial charge < -0.3 is 0 Å². The summed E-state index contributed by atoms with van der Waals surface area (Å²) in [6.45, 7) is 11.0. The van der Waals surface area contributed by atoms with E-state index >= 15 is 0 Å². The first-order valence-electron chi connectivity index (χ1n) is 11.2. The molecule has 4 aliphatic rings. The first kappa shape index (κ1) is 20.7. The topological polar surface area (TPSA) is 9.23 Å². The maximum atomic E-state index is 5.62. The molecule has 0 amide bonds. The molecule has 152 valence electrons. The van der Waals surface area contributed by atoms with Crippen LogP contribution in [0.25, 0.3) is 0 Å². The molecule has 3 heteroatoms. The SMILES string of the molecule is CCCC1CCC2C3CCC4(C)C(CCC4C(C)(C)COI)C3CI2C1. The van der Waals surface area contributed by atoms with Crippen molar-refractivity contribution in [1.29, 1.82) is 0 Å². The number of alkyl halides is 3.